The van der Waals surface area contributed by atoms with Crippen LogP contribution in [0.5, 0.6) is 0 Å². The van der Waals surface area contributed by atoms with E-state index in [1.807, 2.05) is 11.8 Å². The number of hydrogen-bond donors (Lipinski definition) is 1. The van der Waals surface area contributed by atoms with Crippen LogP contribution in [0.2, 0.25) is 0 Å². The molecule has 0 spiro atoms. The topological polar surface area (TPSA) is 24.5 Å². The predicted octanol–water partition coefficient (Wildman–Crippen LogP) is 1.05. The van der Waals surface area contributed by atoms with Crippen LogP contribution in [-0.2, 0) is 4.74 Å². The Labute approximate surface area is 97.9 Å². The number of rotatable bonds is 7. The summed E-state index contributed by atoms with van der Waals surface area (Å²) in [5.41, 5.74) is 0. The molecule has 0 radical (unpaired) electrons. The Hall–Kier alpha value is 0.230. The molecule has 1 aliphatic heterocycles. The van der Waals surface area contributed by atoms with Crippen molar-refractivity contribution in [1.29, 1.82) is 0 Å². The van der Waals surface area contributed by atoms with Gasteiger partial charge in [-0.3, -0.25) is 4.90 Å². The molecule has 1 N–H and O–H groups in total. The minimum absolute atomic E-state index is 0.635. The van der Waals surface area contributed by atoms with Gasteiger partial charge in [0.15, 0.2) is 0 Å². The molecular weight excluding hydrogens is 208 g/mol. The van der Waals surface area contributed by atoms with Gasteiger partial charge in [0.1, 0.15) is 0 Å². The van der Waals surface area contributed by atoms with Gasteiger partial charge in [0, 0.05) is 38.0 Å². The zero-order valence-corrected chi connectivity index (χ0v) is 10.8. The van der Waals surface area contributed by atoms with Crippen molar-refractivity contribution in [3.63, 3.8) is 0 Å². The summed E-state index contributed by atoms with van der Waals surface area (Å²) >= 11 is 2.01. The number of nitrogens with one attached hydrogen (secondary N) is 1. The van der Waals surface area contributed by atoms with Crippen LogP contribution in [0.4, 0.5) is 0 Å². The molecule has 0 saturated carbocycles. The summed E-state index contributed by atoms with van der Waals surface area (Å²) in [5.74, 6) is 2.44. The Balaban J connectivity index is 1.94. The second kappa shape index (κ2) is 8.39. The standard InChI is InChI=1S/C11H24N2OS/c1-3-15-10-11(2)12-4-5-13-6-8-14-9-7-13/h11-12H,3-10H2,1-2H3. The molecule has 1 unspecified atom stereocenters. The van der Waals surface area contributed by atoms with Gasteiger partial charge in [0.05, 0.1) is 13.2 Å². The van der Waals surface area contributed by atoms with Gasteiger partial charge in [0.2, 0.25) is 0 Å². The molecule has 1 saturated heterocycles. The monoisotopic (exact) mass is 232 g/mol. The Bertz CT molecular complexity index is 152. The summed E-state index contributed by atoms with van der Waals surface area (Å²) < 4.78 is 5.31. The van der Waals surface area contributed by atoms with Gasteiger partial charge in [-0.2, -0.15) is 11.8 Å². The minimum atomic E-state index is 0.635. The van der Waals surface area contributed by atoms with Crippen molar-refractivity contribution in [1.82, 2.24) is 10.2 Å². The SMILES string of the molecule is CCSCC(C)NCCN1CCOCC1. The van der Waals surface area contributed by atoms with Crippen LogP contribution in [0, 0.1) is 0 Å². The van der Waals surface area contributed by atoms with Crippen LogP contribution in [-0.4, -0.2) is 61.8 Å². The summed E-state index contributed by atoms with van der Waals surface area (Å²) in [5, 5.41) is 3.56. The second-order valence-corrected chi connectivity index (χ2v) is 5.29. The molecule has 1 aliphatic rings. The van der Waals surface area contributed by atoms with Gasteiger partial charge in [-0.25, -0.2) is 0 Å². The molecule has 90 valence electrons. The molecule has 4 heteroatoms. The predicted molar refractivity (Wildman–Crippen MR) is 67.7 cm³/mol. The van der Waals surface area contributed by atoms with E-state index < -0.39 is 0 Å². The fraction of sp³-hybridized carbons (Fsp3) is 1.00. The first-order valence-corrected chi connectivity index (χ1v) is 7.09. The smallest absolute Gasteiger partial charge is 0.0594 e. The molecule has 3 nitrogen and oxygen atoms in total. The van der Waals surface area contributed by atoms with Crippen LogP contribution >= 0.6 is 11.8 Å². The lowest BCUT2D eigenvalue weighted by atomic mass is 10.3. The molecule has 0 bridgehead atoms. The first-order valence-electron chi connectivity index (χ1n) is 5.94. The molecule has 0 aromatic carbocycles. The maximum Gasteiger partial charge on any atom is 0.0594 e. The number of hydrogen-bond acceptors (Lipinski definition) is 4. The van der Waals surface area contributed by atoms with Gasteiger partial charge >= 0.3 is 0 Å². The van der Waals surface area contributed by atoms with Crippen molar-refractivity contribution in [3.8, 4) is 0 Å². The van der Waals surface area contributed by atoms with Crippen molar-refractivity contribution in [2.45, 2.75) is 19.9 Å². The van der Waals surface area contributed by atoms with E-state index >= 15 is 0 Å². The van der Waals surface area contributed by atoms with Crippen LogP contribution < -0.4 is 5.32 Å². The van der Waals surface area contributed by atoms with E-state index in [9.17, 15) is 0 Å². The highest BCUT2D eigenvalue weighted by atomic mass is 32.2. The van der Waals surface area contributed by atoms with E-state index in [4.69, 9.17) is 4.74 Å². The summed E-state index contributed by atoms with van der Waals surface area (Å²) in [6.45, 7) is 10.7. The van der Waals surface area contributed by atoms with E-state index in [0.717, 1.165) is 39.4 Å². The molecule has 1 fully saturated rings. The van der Waals surface area contributed by atoms with E-state index in [-0.39, 0.29) is 0 Å². The van der Waals surface area contributed by atoms with Gasteiger partial charge in [-0.1, -0.05) is 6.92 Å². The fourth-order valence-electron chi connectivity index (χ4n) is 1.65. The van der Waals surface area contributed by atoms with Gasteiger partial charge < -0.3 is 10.1 Å². The number of ether oxygens (including phenoxy) is 1. The quantitative estimate of drug-likeness (QED) is 0.709. The zero-order chi connectivity index (χ0) is 10.9. The fourth-order valence-corrected chi connectivity index (χ4v) is 2.35. The van der Waals surface area contributed by atoms with Crippen molar-refractivity contribution < 1.29 is 4.74 Å². The highest BCUT2D eigenvalue weighted by Crippen LogP contribution is 2.01. The molecule has 1 atom stereocenters. The maximum absolute atomic E-state index is 5.31. The normalized spacial score (nSPS) is 20.4. The van der Waals surface area contributed by atoms with Gasteiger partial charge in [-0.15, -0.1) is 0 Å². The van der Waals surface area contributed by atoms with E-state index in [1.165, 1.54) is 11.5 Å². The van der Waals surface area contributed by atoms with Gasteiger partial charge in [0.25, 0.3) is 0 Å². The highest BCUT2D eigenvalue weighted by Gasteiger charge is 2.09. The lowest BCUT2D eigenvalue weighted by molar-refractivity contribution is 0.0382. The van der Waals surface area contributed by atoms with Crippen molar-refractivity contribution >= 4 is 11.8 Å². The van der Waals surface area contributed by atoms with Crippen LogP contribution in [0.25, 0.3) is 0 Å². The van der Waals surface area contributed by atoms with Crippen molar-refractivity contribution in [2.24, 2.45) is 0 Å². The largest absolute Gasteiger partial charge is 0.379 e. The first kappa shape index (κ1) is 13.3. The third-order valence-electron chi connectivity index (χ3n) is 2.60. The Morgan fingerprint density at radius 1 is 1.40 bits per heavy atom. The second-order valence-electron chi connectivity index (χ2n) is 3.97. The number of morpholine rings is 1. The Morgan fingerprint density at radius 2 is 2.13 bits per heavy atom. The molecular formula is C11H24N2OS. The third kappa shape index (κ3) is 6.40. The molecule has 0 aliphatic carbocycles. The minimum Gasteiger partial charge on any atom is -0.379 e. The molecule has 15 heavy (non-hydrogen) atoms. The van der Waals surface area contributed by atoms with E-state index in [2.05, 4.69) is 24.1 Å². The summed E-state index contributed by atoms with van der Waals surface area (Å²) in [7, 11) is 0. The number of nitrogens with zero attached hydrogens (tertiary/aromatic N) is 1. The third-order valence-corrected chi connectivity index (χ3v) is 3.74. The van der Waals surface area contributed by atoms with Crippen LogP contribution in [0.3, 0.4) is 0 Å². The van der Waals surface area contributed by atoms with Crippen LogP contribution in [0.15, 0.2) is 0 Å². The number of thioether (sulfide) groups is 1. The maximum atomic E-state index is 5.31. The average molecular weight is 232 g/mol. The molecule has 1 heterocycles. The van der Waals surface area contributed by atoms with E-state index in [1.54, 1.807) is 0 Å². The molecule has 0 aromatic heterocycles. The Kier molecular flexibility index (Phi) is 7.44. The van der Waals surface area contributed by atoms with Gasteiger partial charge in [-0.05, 0) is 12.7 Å². The Morgan fingerprint density at radius 3 is 2.80 bits per heavy atom. The van der Waals surface area contributed by atoms with Crippen molar-refractivity contribution in [3.05, 3.63) is 0 Å². The molecule has 0 amide bonds. The lowest BCUT2D eigenvalue weighted by Gasteiger charge is -2.27. The summed E-state index contributed by atoms with van der Waals surface area (Å²) in [4.78, 5) is 2.47. The van der Waals surface area contributed by atoms with Crippen LogP contribution in [0.1, 0.15) is 13.8 Å². The molecule has 0 aromatic rings. The summed E-state index contributed by atoms with van der Waals surface area (Å²) in [6.07, 6.45) is 0. The molecule has 1 rings (SSSR count). The van der Waals surface area contributed by atoms with Crippen molar-refractivity contribution in [2.75, 3.05) is 50.9 Å². The first-order chi connectivity index (χ1) is 7.33. The lowest BCUT2D eigenvalue weighted by Crippen LogP contribution is -2.42. The van der Waals surface area contributed by atoms with E-state index in [0.29, 0.717) is 6.04 Å². The zero-order valence-electron chi connectivity index (χ0n) is 10.00. The highest BCUT2D eigenvalue weighted by molar-refractivity contribution is 7.99. The summed E-state index contributed by atoms with van der Waals surface area (Å²) in [6, 6.07) is 0.635. The average Bonchev–Trinajstić information content (AvgIpc) is 2.28.